The molecule has 25 heavy (non-hydrogen) atoms. The molecule has 3 rings (SSSR count). The van der Waals surface area contributed by atoms with Gasteiger partial charge < -0.3 is 0 Å². The molecule has 3 aromatic rings. The number of nitrogens with two attached hydrogens (primary N) is 1. The lowest BCUT2D eigenvalue weighted by atomic mass is 9.98. The molecule has 0 saturated carbocycles. The molecule has 0 unspecified atom stereocenters. The van der Waals surface area contributed by atoms with Gasteiger partial charge in [0.25, 0.3) is 11.5 Å². The lowest BCUT2D eigenvalue weighted by Crippen LogP contribution is -2.16. The number of nitro benzene ring substituents is 1. The number of nitrogen functional groups attached to an aromatic ring is 1. The van der Waals surface area contributed by atoms with E-state index in [9.17, 15) is 15.4 Å². The van der Waals surface area contributed by atoms with Crippen LogP contribution in [0, 0.1) is 21.4 Å². The highest BCUT2D eigenvalue weighted by molar-refractivity contribution is 9.10. The van der Waals surface area contributed by atoms with Crippen molar-refractivity contribution in [3.8, 4) is 28.5 Å². The maximum atomic E-state index is 11.0. The zero-order chi connectivity index (χ0) is 18.0. The number of nitrogens with zero attached hydrogens (tertiary/aromatic N) is 2. The molecular weight excluding hydrogens is 384 g/mol. The number of nitro groups is 1. The van der Waals surface area contributed by atoms with Gasteiger partial charge in [0.2, 0.25) is 0 Å². The molecular formula is C18H12BrN4O2+. The number of pyridine rings is 1. The number of hydrogen-bond donors (Lipinski definition) is 1. The molecule has 0 amide bonds. The van der Waals surface area contributed by atoms with E-state index >= 15 is 0 Å². The van der Waals surface area contributed by atoms with Crippen LogP contribution in [0.3, 0.4) is 0 Å². The van der Waals surface area contributed by atoms with Crippen LogP contribution < -0.4 is 10.7 Å². The number of anilines is 1. The van der Waals surface area contributed by atoms with Crippen LogP contribution in [0.4, 0.5) is 11.5 Å². The smallest absolute Gasteiger partial charge is 0.286 e. The molecule has 0 atom stereocenters. The van der Waals surface area contributed by atoms with E-state index in [2.05, 4.69) is 27.0 Å². The number of benzene rings is 2. The third kappa shape index (κ3) is 3.34. The highest BCUT2D eigenvalue weighted by Crippen LogP contribution is 2.31. The van der Waals surface area contributed by atoms with E-state index in [1.54, 1.807) is 18.2 Å². The lowest BCUT2D eigenvalue weighted by molar-refractivity contribution is -0.384. The molecule has 1 aromatic heterocycles. The highest BCUT2D eigenvalue weighted by Gasteiger charge is 2.18. The summed E-state index contributed by atoms with van der Waals surface area (Å²) in [5, 5.41) is 20.5. The normalized spacial score (nSPS) is 10.2. The van der Waals surface area contributed by atoms with Crippen LogP contribution in [-0.4, -0.2) is 4.92 Å². The van der Waals surface area contributed by atoms with Gasteiger partial charge in [0.15, 0.2) is 0 Å². The predicted molar refractivity (Wildman–Crippen MR) is 97.4 cm³/mol. The zero-order valence-corrected chi connectivity index (χ0v) is 14.4. The third-order valence-electron chi connectivity index (χ3n) is 3.73. The fourth-order valence-electron chi connectivity index (χ4n) is 2.53. The molecule has 0 radical (unpaired) electrons. The Hall–Kier alpha value is -3.24. The first-order valence-electron chi connectivity index (χ1n) is 7.26. The van der Waals surface area contributed by atoms with Crippen LogP contribution in [0.25, 0.3) is 22.4 Å². The van der Waals surface area contributed by atoms with Gasteiger partial charge in [-0.3, -0.25) is 15.8 Å². The average Bonchev–Trinajstić information content (AvgIpc) is 2.61. The fraction of sp³-hybridized carbons (Fsp3) is 0. The van der Waals surface area contributed by atoms with Crippen molar-refractivity contribution in [3.63, 3.8) is 0 Å². The molecule has 7 heteroatoms. The monoisotopic (exact) mass is 395 g/mol. The van der Waals surface area contributed by atoms with Gasteiger partial charge in [0, 0.05) is 27.7 Å². The van der Waals surface area contributed by atoms with Crippen LogP contribution in [0.5, 0.6) is 0 Å². The Bertz CT molecular complexity index is 1010. The van der Waals surface area contributed by atoms with Crippen molar-refractivity contribution in [1.29, 1.82) is 5.26 Å². The van der Waals surface area contributed by atoms with E-state index in [4.69, 9.17) is 5.73 Å². The topological polar surface area (TPSA) is 107 Å². The maximum Gasteiger partial charge on any atom is 0.289 e. The predicted octanol–water partition coefficient (Wildman–Crippen LogP) is 3.96. The molecule has 2 aromatic carbocycles. The molecule has 122 valence electrons. The van der Waals surface area contributed by atoms with Gasteiger partial charge in [0.1, 0.15) is 17.3 Å². The van der Waals surface area contributed by atoms with E-state index in [1.165, 1.54) is 12.1 Å². The van der Waals surface area contributed by atoms with Crippen LogP contribution >= 0.6 is 15.9 Å². The summed E-state index contributed by atoms with van der Waals surface area (Å²) < 4.78 is 0.941. The van der Waals surface area contributed by atoms with E-state index in [0.29, 0.717) is 16.8 Å². The van der Waals surface area contributed by atoms with Crippen molar-refractivity contribution < 1.29 is 9.91 Å². The Morgan fingerprint density at radius 3 is 2.48 bits per heavy atom. The van der Waals surface area contributed by atoms with E-state index in [-0.39, 0.29) is 17.1 Å². The quantitative estimate of drug-likeness (QED) is 0.534. The lowest BCUT2D eigenvalue weighted by Gasteiger charge is -2.07. The maximum absolute atomic E-state index is 11.0. The summed E-state index contributed by atoms with van der Waals surface area (Å²) in [6.07, 6.45) is 0. The number of rotatable bonds is 3. The molecule has 0 aliphatic heterocycles. The molecule has 0 bridgehead atoms. The van der Waals surface area contributed by atoms with Gasteiger partial charge in [-0.25, -0.2) is 4.98 Å². The number of halogens is 1. The summed E-state index contributed by atoms with van der Waals surface area (Å²) in [5.41, 5.74) is 8.92. The van der Waals surface area contributed by atoms with E-state index < -0.39 is 4.92 Å². The molecule has 3 N–H and O–H groups in total. The SMILES string of the molecule is N#Cc1c(-c2cccc([N+](=O)[O-])c2)cc(-c2ccc(Br)cc2)[nH+]c1N. The van der Waals surface area contributed by atoms with E-state index in [0.717, 1.165) is 10.0 Å². The Labute approximate surface area is 151 Å². The summed E-state index contributed by atoms with van der Waals surface area (Å²) in [5.74, 6) is 0.212. The summed E-state index contributed by atoms with van der Waals surface area (Å²) in [7, 11) is 0. The van der Waals surface area contributed by atoms with Crippen LogP contribution in [0.2, 0.25) is 0 Å². The van der Waals surface area contributed by atoms with Gasteiger partial charge in [0.05, 0.1) is 4.92 Å². The Balaban J connectivity index is 2.21. The van der Waals surface area contributed by atoms with Crippen molar-refractivity contribution in [2.45, 2.75) is 0 Å². The fourth-order valence-corrected chi connectivity index (χ4v) is 2.79. The first-order valence-corrected chi connectivity index (χ1v) is 8.05. The second-order valence-electron chi connectivity index (χ2n) is 5.31. The minimum atomic E-state index is -0.469. The van der Waals surface area contributed by atoms with Crippen LogP contribution in [0.15, 0.2) is 59.1 Å². The number of nitriles is 1. The zero-order valence-electron chi connectivity index (χ0n) is 12.9. The highest BCUT2D eigenvalue weighted by atomic mass is 79.9. The van der Waals surface area contributed by atoms with Crippen molar-refractivity contribution in [3.05, 3.63) is 74.7 Å². The third-order valence-corrected chi connectivity index (χ3v) is 4.26. The van der Waals surface area contributed by atoms with Crippen LogP contribution in [-0.2, 0) is 0 Å². The second kappa shape index (κ2) is 6.71. The molecule has 0 aliphatic rings. The van der Waals surface area contributed by atoms with Gasteiger partial charge in [-0.1, -0.05) is 28.1 Å². The van der Waals surface area contributed by atoms with Crippen molar-refractivity contribution >= 4 is 27.4 Å². The van der Waals surface area contributed by atoms with Crippen molar-refractivity contribution in [1.82, 2.24) is 0 Å². The van der Waals surface area contributed by atoms with Gasteiger partial charge in [-0.15, -0.1) is 0 Å². The average molecular weight is 396 g/mol. The summed E-state index contributed by atoms with van der Waals surface area (Å²) in [6.45, 7) is 0. The molecule has 6 nitrogen and oxygen atoms in total. The van der Waals surface area contributed by atoms with Crippen molar-refractivity contribution in [2.24, 2.45) is 0 Å². The Morgan fingerprint density at radius 2 is 1.84 bits per heavy atom. The van der Waals surface area contributed by atoms with Crippen molar-refractivity contribution in [2.75, 3.05) is 5.73 Å². The number of aromatic amines is 1. The first-order chi connectivity index (χ1) is 12.0. The van der Waals surface area contributed by atoms with Gasteiger partial charge >= 0.3 is 0 Å². The molecule has 1 heterocycles. The summed E-state index contributed by atoms with van der Waals surface area (Å²) >= 11 is 3.39. The van der Waals surface area contributed by atoms with Gasteiger partial charge in [-0.05, 0) is 35.9 Å². The Morgan fingerprint density at radius 1 is 1.12 bits per heavy atom. The number of aromatic nitrogens is 1. The minimum absolute atomic E-state index is 0.0435. The number of nitrogens with one attached hydrogen (secondary N) is 1. The summed E-state index contributed by atoms with van der Waals surface area (Å²) in [6, 6.07) is 17.6. The standard InChI is InChI=1S/C18H11BrN4O2/c19-13-6-4-11(5-7-13)17-9-15(16(10-20)18(21)22-17)12-2-1-3-14(8-12)23(24)25/h1-9H,(H2,21,22)/p+1. The van der Waals surface area contributed by atoms with Gasteiger partial charge in [-0.2, -0.15) is 5.26 Å². The largest absolute Gasteiger partial charge is 0.289 e. The van der Waals surface area contributed by atoms with Crippen LogP contribution in [0.1, 0.15) is 5.56 Å². The summed E-state index contributed by atoms with van der Waals surface area (Å²) in [4.78, 5) is 13.6. The molecule has 0 spiro atoms. The second-order valence-corrected chi connectivity index (χ2v) is 6.23. The Kier molecular flexibility index (Phi) is 4.46. The molecule has 0 aliphatic carbocycles. The number of hydrogen-bond acceptors (Lipinski definition) is 4. The minimum Gasteiger partial charge on any atom is -0.286 e. The molecule has 0 saturated heterocycles. The first kappa shape index (κ1) is 16.6. The number of non-ortho nitro benzene ring substituents is 1. The molecule has 0 fully saturated rings. The van der Waals surface area contributed by atoms with E-state index in [1.807, 2.05) is 24.3 Å². The number of H-pyrrole nitrogens is 1.